The fraction of sp³-hybridized carbons (Fsp3) is 0.538. The Morgan fingerprint density at radius 2 is 1.62 bits per heavy atom. The largest absolute Gasteiger partial charge is 0.496 e. The van der Waals surface area contributed by atoms with Gasteiger partial charge in [0.05, 0.1) is 19.3 Å². The molecule has 3 aliphatic carbocycles. The number of nitrogens with zero attached hydrogens (tertiary/aromatic N) is 4. The van der Waals surface area contributed by atoms with E-state index in [1.54, 1.807) is 7.11 Å². The lowest BCUT2D eigenvalue weighted by atomic mass is 9.77. The van der Waals surface area contributed by atoms with Crippen LogP contribution in [-0.2, 0) is 4.79 Å². The Kier molecular flexibility index (Phi) is 11.3. The molecule has 3 aromatic rings. The average Bonchev–Trinajstić information content (AvgIpc) is 3.86. The molecule has 50 heavy (non-hydrogen) atoms. The Morgan fingerprint density at radius 1 is 0.900 bits per heavy atom. The number of hydrogen-bond donors (Lipinski definition) is 3. The van der Waals surface area contributed by atoms with E-state index in [-0.39, 0.29) is 30.8 Å². The van der Waals surface area contributed by atoms with Gasteiger partial charge < -0.3 is 30.1 Å². The van der Waals surface area contributed by atoms with Crippen LogP contribution in [0.25, 0.3) is 11.1 Å². The number of nitrogens with one attached hydrogen (secondary N) is 1. The highest BCUT2D eigenvalue weighted by atomic mass is 16.5. The van der Waals surface area contributed by atoms with Gasteiger partial charge in [0.1, 0.15) is 5.75 Å². The van der Waals surface area contributed by atoms with Gasteiger partial charge in [-0.25, -0.2) is 9.59 Å². The molecule has 3 fully saturated rings. The summed E-state index contributed by atoms with van der Waals surface area (Å²) in [5.41, 5.74) is 5.56. The van der Waals surface area contributed by atoms with Crippen LogP contribution in [-0.4, -0.2) is 76.3 Å². The first-order valence-corrected chi connectivity index (χ1v) is 18.2. The molecule has 1 heterocycles. The first-order valence-electron chi connectivity index (χ1n) is 18.2. The highest BCUT2D eigenvalue weighted by Gasteiger charge is 2.34. The van der Waals surface area contributed by atoms with Crippen LogP contribution in [0.2, 0.25) is 0 Å². The van der Waals surface area contributed by atoms with Crippen molar-refractivity contribution in [3.05, 3.63) is 66.0 Å². The van der Waals surface area contributed by atoms with E-state index in [9.17, 15) is 19.5 Å². The number of ether oxygens (including phenoxy) is 1. The van der Waals surface area contributed by atoms with Crippen molar-refractivity contribution in [2.75, 3.05) is 38.2 Å². The van der Waals surface area contributed by atoms with Gasteiger partial charge in [-0.2, -0.15) is 5.10 Å². The maximum Gasteiger partial charge on any atom is 0.407 e. The van der Waals surface area contributed by atoms with Crippen molar-refractivity contribution in [3.8, 4) is 16.9 Å². The molecule has 6 rings (SSSR count). The summed E-state index contributed by atoms with van der Waals surface area (Å²) in [6.45, 7) is 3.27. The Bertz CT molecular complexity index is 1640. The fourth-order valence-electron chi connectivity index (χ4n) is 7.98. The molecule has 1 aromatic heterocycles. The minimum atomic E-state index is -1.17. The van der Waals surface area contributed by atoms with Crippen LogP contribution in [0, 0.1) is 24.7 Å². The number of carbonyl (C=O) groups is 3. The van der Waals surface area contributed by atoms with Gasteiger partial charge in [0.15, 0.2) is 0 Å². The number of carboxylic acid groups (broad SMARTS) is 2. The SMILES string of the molecule is COc1ccc([C@H]2CC[C@H](CN(c3cccc(-c4cnn(C5CC5)c4)c3)C(=O)[C@H]3CC[C@H](CN(CCNC(=O)O)C(=O)O)CC3)CC2)cc1C. The smallest absolute Gasteiger partial charge is 0.407 e. The number of carbonyl (C=O) groups excluding carboxylic acids is 1. The molecule has 3 saturated carbocycles. The normalized spacial score (nSPS) is 22.0. The van der Waals surface area contributed by atoms with Crippen molar-refractivity contribution in [3.63, 3.8) is 0 Å². The molecule has 3 aliphatic rings. The molecule has 3 N–H and O–H groups in total. The maximum atomic E-state index is 14.5. The van der Waals surface area contributed by atoms with Crippen molar-refractivity contribution in [1.82, 2.24) is 20.0 Å². The number of methoxy groups -OCH3 is 1. The minimum Gasteiger partial charge on any atom is -0.496 e. The van der Waals surface area contributed by atoms with E-state index in [1.807, 2.05) is 17.2 Å². The lowest BCUT2D eigenvalue weighted by molar-refractivity contribution is -0.123. The van der Waals surface area contributed by atoms with Gasteiger partial charge in [-0.3, -0.25) is 9.48 Å². The molecule has 268 valence electrons. The van der Waals surface area contributed by atoms with Gasteiger partial charge in [0, 0.05) is 49.5 Å². The van der Waals surface area contributed by atoms with Gasteiger partial charge in [-0.1, -0.05) is 24.3 Å². The number of aromatic nitrogens is 2. The predicted octanol–water partition coefficient (Wildman–Crippen LogP) is 7.56. The van der Waals surface area contributed by atoms with E-state index < -0.39 is 12.2 Å². The molecular formula is C39H51N5O6. The summed E-state index contributed by atoms with van der Waals surface area (Å²) in [4.78, 5) is 40.5. The molecule has 0 saturated heterocycles. The fourth-order valence-corrected chi connectivity index (χ4v) is 7.98. The monoisotopic (exact) mass is 685 g/mol. The second-order valence-corrected chi connectivity index (χ2v) is 14.6. The number of anilines is 1. The Balaban J connectivity index is 1.14. The second-order valence-electron chi connectivity index (χ2n) is 14.6. The molecule has 11 nitrogen and oxygen atoms in total. The van der Waals surface area contributed by atoms with E-state index in [2.05, 4.69) is 64.6 Å². The van der Waals surface area contributed by atoms with Crippen LogP contribution in [0.1, 0.15) is 87.3 Å². The summed E-state index contributed by atoms with van der Waals surface area (Å²) in [5.74, 6) is 1.99. The minimum absolute atomic E-state index is 0.0481. The van der Waals surface area contributed by atoms with Crippen LogP contribution >= 0.6 is 0 Å². The van der Waals surface area contributed by atoms with Crippen molar-refractivity contribution < 1.29 is 29.3 Å². The Morgan fingerprint density at radius 3 is 2.28 bits per heavy atom. The predicted molar refractivity (Wildman–Crippen MR) is 192 cm³/mol. The van der Waals surface area contributed by atoms with Crippen LogP contribution in [0.15, 0.2) is 54.9 Å². The quantitative estimate of drug-likeness (QED) is 0.169. The molecule has 11 heteroatoms. The lowest BCUT2D eigenvalue weighted by Crippen LogP contribution is -2.43. The molecular weight excluding hydrogens is 634 g/mol. The summed E-state index contributed by atoms with van der Waals surface area (Å²) in [7, 11) is 1.71. The summed E-state index contributed by atoms with van der Waals surface area (Å²) in [6, 6.07) is 15.4. The number of benzene rings is 2. The molecule has 0 spiro atoms. The molecule has 2 aromatic carbocycles. The van der Waals surface area contributed by atoms with E-state index in [4.69, 9.17) is 9.84 Å². The molecule has 0 bridgehead atoms. The average molecular weight is 686 g/mol. The Hall–Kier alpha value is -4.54. The second kappa shape index (κ2) is 16.0. The number of rotatable bonds is 13. The van der Waals surface area contributed by atoms with Crippen LogP contribution < -0.4 is 15.0 Å². The van der Waals surface area contributed by atoms with Crippen molar-refractivity contribution in [1.29, 1.82) is 0 Å². The zero-order valence-corrected chi connectivity index (χ0v) is 29.3. The van der Waals surface area contributed by atoms with E-state index in [1.165, 1.54) is 23.3 Å². The first kappa shape index (κ1) is 35.3. The van der Waals surface area contributed by atoms with Crippen molar-refractivity contribution >= 4 is 23.8 Å². The summed E-state index contributed by atoms with van der Waals surface area (Å²) < 4.78 is 7.53. The van der Waals surface area contributed by atoms with E-state index >= 15 is 0 Å². The van der Waals surface area contributed by atoms with Gasteiger partial charge >= 0.3 is 12.2 Å². The summed E-state index contributed by atoms with van der Waals surface area (Å²) >= 11 is 0. The molecule has 0 unspecified atom stereocenters. The number of aryl methyl sites for hydroxylation is 1. The highest BCUT2D eigenvalue weighted by molar-refractivity contribution is 5.95. The molecule has 0 radical (unpaired) electrons. The summed E-state index contributed by atoms with van der Waals surface area (Å²) in [6.07, 6.45) is 11.4. The standard InChI is InChI=1S/C39H51N5O6/c1-26-20-32(14-17-36(26)50-2)29-10-6-28(7-11-29)24-43(35-5-3-4-31(21-35)33-22-41-44(25-33)34-15-16-34)37(45)30-12-8-27(9-13-30)23-42(39(48)49)19-18-40-38(46)47/h3-5,14,17,20-22,25,27-30,34,40H,6-13,15-16,18-19,23-24H2,1-2H3,(H,46,47)(H,48,49)/t27-,28-,29-,30-. The van der Waals surface area contributed by atoms with Crippen molar-refractivity contribution in [2.45, 2.75) is 83.1 Å². The number of amides is 3. The van der Waals surface area contributed by atoms with Crippen molar-refractivity contribution in [2.24, 2.45) is 17.8 Å². The van der Waals surface area contributed by atoms with Gasteiger partial charge in [0.25, 0.3) is 0 Å². The molecule has 0 aliphatic heterocycles. The van der Waals surface area contributed by atoms with Crippen LogP contribution in [0.3, 0.4) is 0 Å². The molecule has 3 amide bonds. The van der Waals surface area contributed by atoms with E-state index in [0.29, 0.717) is 43.8 Å². The van der Waals surface area contributed by atoms with E-state index in [0.717, 1.165) is 66.7 Å². The third kappa shape index (κ3) is 8.78. The number of hydrogen-bond acceptors (Lipinski definition) is 5. The highest BCUT2D eigenvalue weighted by Crippen LogP contribution is 2.40. The van der Waals surface area contributed by atoms with Crippen LogP contribution in [0.4, 0.5) is 15.3 Å². The Labute approximate surface area is 294 Å². The summed E-state index contributed by atoms with van der Waals surface area (Å²) in [5, 5.41) is 25.4. The molecule has 0 atom stereocenters. The third-order valence-electron chi connectivity index (χ3n) is 11.1. The maximum absolute atomic E-state index is 14.5. The zero-order valence-electron chi connectivity index (χ0n) is 29.3. The van der Waals surface area contributed by atoms with Gasteiger partial charge in [-0.05, 0) is 124 Å². The van der Waals surface area contributed by atoms with Crippen LogP contribution in [0.5, 0.6) is 5.75 Å². The first-order chi connectivity index (χ1) is 24.2. The zero-order chi connectivity index (χ0) is 35.2. The van der Waals surface area contributed by atoms with Gasteiger partial charge in [-0.15, -0.1) is 0 Å². The lowest BCUT2D eigenvalue weighted by Gasteiger charge is -2.37. The van der Waals surface area contributed by atoms with Gasteiger partial charge in [0.2, 0.25) is 5.91 Å². The third-order valence-corrected chi connectivity index (χ3v) is 11.1. The topological polar surface area (TPSA) is 137 Å².